The van der Waals surface area contributed by atoms with Gasteiger partial charge in [-0.15, -0.1) is 10.2 Å². The zero-order chi connectivity index (χ0) is 15.9. The van der Waals surface area contributed by atoms with Crippen LogP contribution in [0.1, 0.15) is 54.2 Å². The second kappa shape index (κ2) is 5.51. The van der Waals surface area contributed by atoms with Crippen LogP contribution in [0.25, 0.3) is 0 Å². The highest BCUT2D eigenvalue weighted by molar-refractivity contribution is 5.94. The number of likely N-dealkylation sites (tertiary alicyclic amines) is 1. The first kappa shape index (κ1) is 14.5. The number of rotatable bonds is 2. The van der Waals surface area contributed by atoms with Crippen LogP contribution in [0.15, 0.2) is 29.3 Å². The Kier molecular flexibility index (Phi) is 3.47. The predicted octanol–water partition coefficient (Wildman–Crippen LogP) is 2.60. The predicted molar refractivity (Wildman–Crippen MR) is 83.9 cm³/mol. The zero-order valence-electron chi connectivity index (χ0n) is 13.4. The van der Waals surface area contributed by atoms with Gasteiger partial charge in [0.15, 0.2) is 0 Å². The number of nitrogens with zero attached hydrogens (tertiary/aromatic N) is 4. The molecule has 1 spiro atoms. The summed E-state index contributed by atoms with van der Waals surface area (Å²) in [6.07, 6.45) is 10.9. The molecule has 3 heterocycles. The first-order chi connectivity index (χ1) is 11.2. The summed E-state index contributed by atoms with van der Waals surface area (Å²) in [6, 6.07) is 1.74. The molecule has 2 fully saturated rings. The summed E-state index contributed by atoms with van der Waals surface area (Å²) in [4.78, 5) is 14.7. The maximum atomic E-state index is 12.8. The fourth-order valence-electron chi connectivity index (χ4n) is 4.42. The Morgan fingerprint density at radius 2 is 2.17 bits per heavy atom. The Labute approximate surface area is 135 Å². The van der Waals surface area contributed by atoms with Crippen LogP contribution in [0.3, 0.4) is 0 Å². The minimum Gasteiger partial charge on any atom is -0.472 e. The highest BCUT2D eigenvalue weighted by Gasteiger charge is 2.50. The standard InChI is InChI=1S/C17H22N4O2/c1-20-12-18-19-15(20)14-9-21(16(22)13-5-8-23-10-13)11-17(14)6-3-2-4-7-17/h5,8,10,12,14H,2-4,6-7,9,11H2,1H3. The fourth-order valence-corrected chi connectivity index (χ4v) is 4.42. The summed E-state index contributed by atoms with van der Waals surface area (Å²) < 4.78 is 7.08. The van der Waals surface area contributed by atoms with Crippen molar-refractivity contribution in [2.75, 3.05) is 13.1 Å². The molecule has 2 aliphatic rings. The summed E-state index contributed by atoms with van der Waals surface area (Å²) >= 11 is 0. The number of carbonyl (C=O) groups excluding carboxylic acids is 1. The third kappa shape index (κ3) is 2.36. The Bertz CT molecular complexity index is 685. The van der Waals surface area contributed by atoms with E-state index in [9.17, 15) is 4.79 Å². The van der Waals surface area contributed by atoms with Crippen molar-refractivity contribution >= 4 is 5.91 Å². The van der Waals surface area contributed by atoms with Gasteiger partial charge in [0.2, 0.25) is 0 Å². The quantitative estimate of drug-likeness (QED) is 0.854. The third-order valence-electron chi connectivity index (χ3n) is 5.61. The molecule has 1 aliphatic heterocycles. The minimum absolute atomic E-state index is 0.0633. The van der Waals surface area contributed by atoms with Crippen molar-refractivity contribution in [3.8, 4) is 0 Å². The van der Waals surface area contributed by atoms with Gasteiger partial charge in [-0.2, -0.15) is 0 Å². The van der Waals surface area contributed by atoms with Crippen LogP contribution in [-0.4, -0.2) is 38.7 Å². The third-order valence-corrected chi connectivity index (χ3v) is 5.61. The molecule has 0 aromatic carbocycles. The van der Waals surface area contributed by atoms with E-state index in [1.165, 1.54) is 38.4 Å². The van der Waals surface area contributed by atoms with Gasteiger partial charge in [0.05, 0.1) is 11.8 Å². The van der Waals surface area contributed by atoms with Gasteiger partial charge in [-0.05, 0) is 24.3 Å². The lowest BCUT2D eigenvalue weighted by atomic mass is 9.67. The van der Waals surface area contributed by atoms with E-state index >= 15 is 0 Å². The van der Waals surface area contributed by atoms with E-state index in [2.05, 4.69) is 10.2 Å². The lowest BCUT2D eigenvalue weighted by molar-refractivity contribution is 0.0757. The van der Waals surface area contributed by atoms with Crippen molar-refractivity contribution < 1.29 is 9.21 Å². The maximum absolute atomic E-state index is 12.8. The van der Waals surface area contributed by atoms with Crippen molar-refractivity contribution in [1.29, 1.82) is 0 Å². The molecular formula is C17H22N4O2. The summed E-state index contributed by atoms with van der Waals surface area (Å²) in [5.74, 6) is 1.34. The van der Waals surface area contributed by atoms with Crippen molar-refractivity contribution in [1.82, 2.24) is 19.7 Å². The van der Waals surface area contributed by atoms with E-state index in [-0.39, 0.29) is 17.2 Å². The molecule has 1 aliphatic carbocycles. The normalized spacial score (nSPS) is 23.5. The highest BCUT2D eigenvalue weighted by atomic mass is 16.3. The Morgan fingerprint density at radius 1 is 1.35 bits per heavy atom. The van der Waals surface area contributed by atoms with Crippen LogP contribution >= 0.6 is 0 Å². The maximum Gasteiger partial charge on any atom is 0.257 e. The van der Waals surface area contributed by atoms with Gasteiger partial charge in [0.1, 0.15) is 18.4 Å². The molecule has 1 saturated carbocycles. The molecule has 2 aromatic heterocycles. The molecule has 6 nitrogen and oxygen atoms in total. The lowest BCUT2D eigenvalue weighted by Gasteiger charge is -2.37. The monoisotopic (exact) mass is 314 g/mol. The van der Waals surface area contributed by atoms with Crippen LogP contribution in [-0.2, 0) is 7.05 Å². The van der Waals surface area contributed by atoms with Crippen molar-refractivity contribution in [3.63, 3.8) is 0 Å². The van der Waals surface area contributed by atoms with Gasteiger partial charge < -0.3 is 13.9 Å². The number of aryl methyl sites for hydroxylation is 1. The van der Waals surface area contributed by atoms with E-state index in [0.717, 1.165) is 18.9 Å². The molecule has 6 heteroatoms. The second-order valence-electron chi connectivity index (χ2n) is 6.97. The Balaban J connectivity index is 1.66. The molecule has 0 bridgehead atoms. The van der Waals surface area contributed by atoms with Gasteiger partial charge in [0, 0.05) is 26.1 Å². The number of amides is 1. The molecule has 1 atom stereocenters. The number of hydrogen-bond acceptors (Lipinski definition) is 4. The van der Waals surface area contributed by atoms with E-state index in [0.29, 0.717) is 5.56 Å². The molecule has 1 saturated heterocycles. The van der Waals surface area contributed by atoms with Crippen LogP contribution in [0.4, 0.5) is 0 Å². The molecular weight excluding hydrogens is 292 g/mol. The highest BCUT2D eigenvalue weighted by Crippen LogP contribution is 2.51. The molecule has 0 N–H and O–H groups in total. The summed E-state index contributed by atoms with van der Waals surface area (Å²) in [6.45, 7) is 1.53. The number of hydrogen-bond donors (Lipinski definition) is 0. The topological polar surface area (TPSA) is 64.2 Å². The lowest BCUT2D eigenvalue weighted by Crippen LogP contribution is -2.34. The molecule has 1 amide bonds. The average molecular weight is 314 g/mol. The SMILES string of the molecule is Cn1cnnc1C1CN(C(=O)c2ccoc2)CC12CCCCC2. The smallest absolute Gasteiger partial charge is 0.257 e. The van der Waals surface area contributed by atoms with Crippen LogP contribution < -0.4 is 0 Å². The molecule has 122 valence electrons. The van der Waals surface area contributed by atoms with Gasteiger partial charge in [-0.25, -0.2) is 0 Å². The van der Waals surface area contributed by atoms with Gasteiger partial charge in [0.25, 0.3) is 5.91 Å². The Hall–Kier alpha value is -2.11. The van der Waals surface area contributed by atoms with E-state index in [1.807, 2.05) is 16.5 Å². The summed E-state index contributed by atoms with van der Waals surface area (Å²) in [7, 11) is 1.99. The first-order valence-electron chi connectivity index (χ1n) is 8.35. The number of carbonyl (C=O) groups is 1. The fraction of sp³-hybridized carbons (Fsp3) is 0.588. The molecule has 23 heavy (non-hydrogen) atoms. The number of aromatic nitrogens is 3. The Morgan fingerprint density at radius 3 is 2.83 bits per heavy atom. The summed E-state index contributed by atoms with van der Waals surface area (Å²) in [5.41, 5.74) is 0.785. The van der Waals surface area contributed by atoms with Gasteiger partial charge in [-0.1, -0.05) is 19.3 Å². The minimum atomic E-state index is 0.0633. The van der Waals surface area contributed by atoms with E-state index in [1.54, 1.807) is 18.7 Å². The molecule has 0 radical (unpaired) electrons. The first-order valence-corrected chi connectivity index (χ1v) is 8.35. The largest absolute Gasteiger partial charge is 0.472 e. The molecule has 4 rings (SSSR count). The average Bonchev–Trinajstić information content (AvgIpc) is 3.28. The van der Waals surface area contributed by atoms with Crippen LogP contribution in [0.2, 0.25) is 0 Å². The van der Waals surface area contributed by atoms with E-state index in [4.69, 9.17) is 4.42 Å². The van der Waals surface area contributed by atoms with Gasteiger partial charge in [-0.3, -0.25) is 4.79 Å². The summed E-state index contributed by atoms with van der Waals surface area (Å²) in [5, 5.41) is 8.42. The second-order valence-corrected chi connectivity index (χ2v) is 6.97. The van der Waals surface area contributed by atoms with Crippen molar-refractivity contribution in [2.24, 2.45) is 12.5 Å². The van der Waals surface area contributed by atoms with Crippen LogP contribution in [0, 0.1) is 5.41 Å². The van der Waals surface area contributed by atoms with E-state index < -0.39 is 0 Å². The molecule has 1 unspecified atom stereocenters. The van der Waals surface area contributed by atoms with Crippen LogP contribution in [0.5, 0.6) is 0 Å². The molecule has 2 aromatic rings. The number of furan rings is 1. The zero-order valence-corrected chi connectivity index (χ0v) is 13.4. The van der Waals surface area contributed by atoms with Crippen molar-refractivity contribution in [2.45, 2.75) is 38.0 Å². The van der Waals surface area contributed by atoms with Crippen molar-refractivity contribution in [3.05, 3.63) is 36.3 Å². The van der Waals surface area contributed by atoms with Gasteiger partial charge >= 0.3 is 0 Å².